The molecule has 1 aliphatic heterocycles. The van der Waals surface area contributed by atoms with Gasteiger partial charge in [0, 0.05) is 28.7 Å². The maximum atomic E-state index is 13.0. The number of anilines is 2. The van der Waals surface area contributed by atoms with Crippen molar-refractivity contribution in [2.75, 3.05) is 17.2 Å². The summed E-state index contributed by atoms with van der Waals surface area (Å²) in [6.07, 6.45) is 0.232. The lowest BCUT2D eigenvalue weighted by Gasteiger charge is -2.22. The van der Waals surface area contributed by atoms with Gasteiger partial charge >= 0.3 is 0 Å². The highest BCUT2D eigenvalue weighted by Gasteiger charge is 2.26. The number of amides is 3. The lowest BCUT2D eigenvalue weighted by Crippen LogP contribution is -2.40. The van der Waals surface area contributed by atoms with Crippen LogP contribution < -0.4 is 10.6 Å². The molecule has 0 saturated carbocycles. The second-order valence-corrected chi connectivity index (χ2v) is 6.93. The molecule has 0 atom stereocenters. The molecule has 0 spiro atoms. The molecule has 2 N–H and O–H groups in total. The van der Waals surface area contributed by atoms with Crippen LogP contribution in [0.4, 0.5) is 15.8 Å². The van der Waals surface area contributed by atoms with Gasteiger partial charge in [0.1, 0.15) is 18.1 Å². The Morgan fingerprint density at radius 3 is 2.54 bits per heavy atom. The van der Waals surface area contributed by atoms with E-state index in [2.05, 4.69) is 31.7 Å². The van der Waals surface area contributed by atoms with Crippen molar-refractivity contribution in [1.82, 2.24) is 5.01 Å². The average Bonchev–Trinajstić information content (AvgIpc) is 2.65. The van der Waals surface area contributed by atoms with Gasteiger partial charge in [-0.05, 0) is 42.5 Å². The zero-order chi connectivity index (χ0) is 20.1. The van der Waals surface area contributed by atoms with Crippen LogP contribution >= 0.6 is 15.9 Å². The molecular formula is C19H16BrFN4O3. The van der Waals surface area contributed by atoms with Crippen LogP contribution in [0.3, 0.4) is 0 Å². The van der Waals surface area contributed by atoms with E-state index in [9.17, 15) is 18.8 Å². The number of halogens is 2. The Bertz CT molecular complexity index is 946. The number of hydrogen-bond donors (Lipinski definition) is 2. The van der Waals surface area contributed by atoms with Crippen LogP contribution in [0.25, 0.3) is 0 Å². The van der Waals surface area contributed by atoms with Crippen LogP contribution in [0.2, 0.25) is 0 Å². The van der Waals surface area contributed by atoms with Crippen molar-refractivity contribution in [3.05, 3.63) is 58.8 Å². The number of benzene rings is 2. The lowest BCUT2D eigenvalue weighted by molar-refractivity contribution is -0.135. The summed E-state index contributed by atoms with van der Waals surface area (Å²) in [6.45, 7) is -0.307. The summed E-state index contributed by atoms with van der Waals surface area (Å²) in [5, 5.41) is 10.3. The zero-order valence-electron chi connectivity index (χ0n) is 14.6. The summed E-state index contributed by atoms with van der Waals surface area (Å²) in [5.74, 6) is -1.70. The van der Waals surface area contributed by atoms with Crippen molar-refractivity contribution in [2.45, 2.75) is 12.8 Å². The summed E-state index contributed by atoms with van der Waals surface area (Å²) in [4.78, 5) is 36.6. The number of carbonyl (C=O) groups is 3. The van der Waals surface area contributed by atoms with Gasteiger partial charge in [-0.2, -0.15) is 5.10 Å². The van der Waals surface area contributed by atoms with Crippen LogP contribution in [0.1, 0.15) is 12.8 Å². The highest BCUT2D eigenvalue weighted by molar-refractivity contribution is 9.10. The largest absolute Gasteiger partial charge is 0.324 e. The predicted octanol–water partition coefficient (Wildman–Crippen LogP) is 3.14. The monoisotopic (exact) mass is 446 g/mol. The number of nitrogens with one attached hydrogen (secondary N) is 2. The van der Waals surface area contributed by atoms with E-state index in [1.54, 1.807) is 18.2 Å². The molecule has 144 valence electrons. The molecule has 9 heteroatoms. The Hall–Kier alpha value is -3.07. The van der Waals surface area contributed by atoms with E-state index in [0.717, 1.165) is 9.48 Å². The molecule has 0 aliphatic carbocycles. The summed E-state index contributed by atoms with van der Waals surface area (Å²) in [7, 11) is 0. The van der Waals surface area contributed by atoms with Crippen molar-refractivity contribution in [3.8, 4) is 0 Å². The molecule has 0 radical (unpaired) electrons. The summed E-state index contributed by atoms with van der Waals surface area (Å²) < 4.78 is 13.8. The minimum atomic E-state index is -0.503. The molecule has 3 amide bonds. The Balaban J connectivity index is 1.65. The maximum absolute atomic E-state index is 13.0. The fraction of sp³-hybridized carbons (Fsp3) is 0.158. The molecule has 0 aromatic heterocycles. The smallest absolute Gasteiger partial charge is 0.271 e. The van der Waals surface area contributed by atoms with Gasteiger partial charge in [-0.3, -0.25) is 14.4 Å². The molecule has 0 saturated heterocycles. The molecule has 7 nitrogen and oxygen atoms in total. The fourth-order valence-electron chi connectivity index (χ4n) is 2.53. The first-order valence-corrected chi connectivity index (χ1v) is 9.20. The topological polar surface area (TPSA) is 90.9 Å². The number of hydrazone groups is 1. The van der Waals surface area contributed by atoms with E-state index in [1.165, 1.54) is 24.3 Å². The molecule has 2 aromatic rings. The maximum Gasteiger partial charge on any atom is 0.271 e. The van der Waals surface area contributed by atoms with Crippen molar-refractivity contribution in [3.63, 3.8) is 0 Å². The normalized spacial score (nSPS) is 13.7. The van der Waals surface area contributed by atoms with Crippen LogP contribution in [-0.4, -0.2) is 35.0 Å². The quantitative estimate of drug-likeness (QED) is 0.738. The van der Waals surface area contributed by atoms with E-state index in [0.29, 0.717) is 11.4 Å². The summed E-state index contributed by atoms with van der Waals surface area (Å²) in [5.41, 5.74) is 1.10. The van der Waals surface area contributed by atoms with Gasteiger partial charge < -0.3 is 10.6 Å². The van der Waals surface area contributed by atoms with Crippen LogP contribution in [0.5, 0.6) is 0 Å². The Kier molecular flexibility index (Phi) is 6.15. The lowest BCUT2D eigenvalue weighted by atomic mass is 10.1. The second kappa shape index (κ2) is 8.75. The van der Waals surface area contributed by atoms with Crippen LogP contribution in [-0.2, 0) is 14.4 Å². The van der Waals surface area contributed by atoms with Gasteiger partial charge in [0.25, 0.3) is 5.91 Å². The molecule has 1 aliphatic rings. The van der Waals surface area contributed by atoms with Gasteiger partial charge in [0.15, 0.2) is 0 Å². The van der Waals surface area contributed by atoms with E-state index < -0.39 is 17.6 Å². The van der Waals surface area contributed by atoms with Gasteiger partial charge in [-0.15, -0.1) is 0 Å². The Morgan fingerprint density at radius 1 is 1.07 bits per heavy atom. The third-order valence-electron chi connectivity index (χ3n) is 3.87. The van der Waals surface area contributed by atoms with Crippen LogP contribution in [0, 0.1) is 5.82 Å². The Labute approximate surface area is 168 Å². The van der Waals surface area contributed by atoms with Crippen molar-refractivity contribution in [2.24, 2.45) is 5.10 Å². The SMILES string of the molecule is O=C(CN1N=C(C(=O)Nc2ccc(F)cc2)CCC1=O)Nc1cccc(Br)c1. The standard InChI is InChI=1S/C19H16BrFN4O3/c20-12-2-1-3-15(10-12)22-17(26)11-25-18(27)9-8-16(24-25)19(28)23-14-6-4-13(21)5-7-14/h1-7,10H,8-9,11H2,(H,22,26)(H,23,28). The first kappa shape index (κ1) is 19.7. The third-order valence-corrected chi connectivity index (χ3v) is 4.36. The first-order chi connectivity index (χ1) is 13.4. The van der Waals surface area contributed by atoms with E-state index in [1.807, 2.05) is 6.07 Å². The number of rotatable bonds is 5. The summed E-state index contributed by atoms with van der Waals surface area (Å²) >= 11 is 3.31. The molecule has 28 heavy (non-hydrogen) atoms. The number of nitrogens with zero attached hydrogens (tertiary/aromatic N) is 2. The van der Waals surface area contributed by atoms with E-state index in [-0.39, 0.29) is 31.0 Å². The second-order valence-electron chi connectivity index (χ2n) is 6.02. The fourth-order valence-corrected chi connectivity index (χ4v) is 2.93. The molecule has 0 fully saturated rings. The minimum Gasteiger partial charge on any atom is -0.324 e. The minimum absolute atomic E-state index is 0.0693. The average molecular weight is 447 g/mol. The molecule has 3 rings (SSSR count). The van der Waals surface area contributed by atoms with Crippen LogP contribution in [0.15, 0.2) is 58.1 Å². The Morgan fingerprint density at radius 2 is 1.82 bits per heavy atom. The van der Waals surface area contributed by atoms with Gasteiger partial charge in [0.2, 0.25) is 11.8 Å². The molecule has 2 aromatic carbocycles. The molecule has 0 unspecified atom stereocenters. The van der Waals surface area contributed by atoms with Crippen molar-refractivity contribution >= 4 is 50.7 Å². The van der Waals surface area contributed by atoms with Gasteiger partial charge in [-0.25, -0.2) is 9.40 Å². The van der Waals surface area contributed by atoms with Crippen molar-refractivity contribution in [1.29, 1.82) is 0 Å². The first-order valence-electron chi connectivity index (χ1n) is 8.41. The highest BCUT2D eigenvalue weighted by atomic mass is 79.9. The van der Waals surface area contributed by atoms with Gasteiger partial charge in [-0.1, -0.05) is 22.0 Å². The molecular weight excluding hydrogens is 431 g/mol. The zero-order valence-corrected chi connectivity index (χ0v) is 16.2. The van der Waals surface area contributed by atoms with E-state index >= 15 is 0 Å². The number of hydrogen-bond acceptors (Lipinski definition) is 4. The number of carbonyl (C=O) groups excluding carboxylic acids is 3. The third kappa shape index (κ3) is 5.23. The summed E-state index contributed by atoms with van der Waals surface area (Å²) in [6, 6.07) is 12.3. The van der Waals surface area contributed by atoms with Gasteiger partial charge in [0.05, 0.1) is 0 Å². The molecule has 1 heterocycles. The predicted molar refractivity (Wildman–Crippen MR) is 106 cm³/mol. The molecule has 0 bridgehead atoms. The van der Waals surface area contributed by atoms with Crippen molar-refractivity contribution < 1.29 is 18.8 Å². The van der Waals surface area contributed by atoms with E-state index in [4.69, 9.17) is 0 Å². The highest BCUT2D eigenvalue weighted by Crippen LogP contribution is 2.16.